The molecular weight excluding hydrogens is 316 g/mol. The summed E-state index contributed by atoms with van der Waals surface area (Å²) < 4.78 is 4.78. The van der Waals surface area contributed by atoms with Crippen molar-refractivity contribution in [1.29, 1.82) is 0 Å². The Bertz CT molecular complexity index is 407. The highest BCUT2D eigenvalue weighted by Gasteiger charge is 2.42. The van der Waals surface area contributed by atoms with E-state index in [4.69, 9.17) is 14.5 Å². The van der Waals surface area contributed by atoms with Gasteiger partial charge in [-0.3, -0.25) is 4.79 Å². The van der Waals surface area contributed by atoms with Gasteiger partial charge < -0.3 is 4.74 Å². The van der Waals surface area contributed by atoms with Crippen molar-refractivity contribution in [1.82, 2.24) is 0 Å². The molecular formula is C21H38O4. The minimum absolute atomic E-state index is 0.187. The summed E-state index contributed by atoms with van der Waals surface area (Å²) in [5.41, 5.74) is -0.208. The summed E-state index contributed by atoms with van der Waals surface area (Å²) in [6.45, 7) is 8.76. The Morgan fingerprint density at radius 2 is 2.08 bits per heavy atom. The van der Waals surface area contributed by atoms with Crippen LogP contribution in [0.15, 0.2) is 12.2 Å². The third-order valence-corrected chi connectivity index (χ3v) is 5.65. The Labute approximate surface area is 154 Å². The summed E-state index contributed by atoms with van der Waals surface area (Å²) in [5.74, 6) is 0.770. The maximum absolute atomic E-state index is 11.6. The van der Waals surface area contributed by atoms with Gasteiger partial charge in [-0.25, -0.2) is 9.78 Å². The number of allylic oxidation sites excluding steroid dienone is 2. The van der Waals surface area contributed by atoms with Crippen LogP contribution in [0.2, 0.25) is 0 Å². The zero-order valence-electron chi connectivity index (χ0n) is 16.9. The minimum Gasteiger partial charge on any atom is -0.469 e. The maximum Gasteiger partial charge on any atom is 0.308 e. The van der Waals surface area contributed by atoms with Crippen molar-refractivity contribution in [3.63, 3.8) is 0 Å². The standard InChI is InChI=1S/C21H38O4/c1-6-10-12-17(7-2)13-11-14-21(9-4)16-18(8-3)19(24-25-21)15-20(22)23-5/h10,12,17-19H,6-9,11,13-16H2,1-5H3/b12-10+/t17?,18-,19-,21?/m0/s1. The number of carbonyl (C=O) groups is 1. The van der Waals surface area contributed by atoms with Gasteiger partial charge in [0.1, 0.15) is 11.7 Å². The molecule has 0 aliphatic carbocycles. The molecule has 0 aromatic carbocycles. The van der Waals surface area contributed by atoms with E-state index in [2.05, 4.69) is 39.8 Å². The molecule has 1 heterocycles. The van der Waals surface area contributed by atoms with Crippen LogP contribution >= 0.6 is 0 Å². The largest absolute Gasteiger partial charge is 0.469 e. The van der Waals surface area contributed by atoms with Gasteiger partial charge in [0.25, 0.3) is 0 Å². The lowest BCUT2D eigenvalue weighted by atomic mass is 9.79. The second-order valence-corrected chi connectivity index (χ2v) is 7.30. The van der Waals surface area contributed by atoms with Crippen LogP contribution < -0.4 is 0 Å². The molecule has 0 amide bonds. The molecule has 0 radical (unpaired) electrons. The topological polar surface area (TPSA) is 44.8 Å². The van der Waals surface area contributed by atoms with Gasteiger partial charge in [-0.05, 0) is 56.8 Å². The minimum atomic E-state index is -0.232. The van der Waals surface area contributed by atoms with Gasteiger partial charge in [0.15, 0.2) is 0 Å². The van der Waals surface area contributed by atoms with Crippen molar-refractivity contribution in [2.75, 3.05) is 7.11 Å². The molecule has 1 saturated heterocycles. The normalized spacial score (nSPS) is 28.2. The number of hydrogen-bond acceptors (Lipinski definition) is 4. The van der Waals surface area contributed by atoms with Crippen LogP contribution in [-0.4, -0.2) is 24.8 Å². The summed E-state index contributed by atoms with van der Waals surface area (Å²) in [5, 5.41) is 0. The van der Waals surface area contributed by atoms with Gasteiger partial charge >= 0.3 is 5.97 Å². The molecule has 146 valence electrons. The fraction of sp³-hybridized carbons (Fsp3) is 0.857. The molecule has 0 saturated carbocycles. The molecule has 0 aromatic heterocycles. The molecule has 0 N–H and O–H groups in total. The van der Waals surface area contributed by atoms with E-state index in [1.807, 2.05) is 0 Å². The lowest BCUT2D eigenvalue weighted by Crippen LogP contribution is -2.45. The van der Waals surface area contributed by atoms with E-state index in [9.17, 15) is 4.79 Å². The van der Waals surface area contributed by atoms with Crippen LogP contribution in [0.3, 0.4) is 0 Å². The van der Waals surface area contributed by atoms with Crippen molar-refractivity contribution >= 4 is 5.97 Å². The van der Waals surface area contributed by atoms with Gasteiger partial charge in [0.2, 0.25) is 0 Å². The quantitative estimate of drug-likeness (QED) is 0.275. The number of carbonyl (C=O) groups excluding carboxylic acids is 1. The SMILES string of the molecule is CC/C=C/C(CC)CCCC1(CC)C[C@H](CC)[C@H](CC(=O)OC)OO1. The van der Waals surface area contributed by atoms with Crippen LogP contribution in [0.1, 0.15) is 85.5 Å². The first-order valence-electron chi connectivity index (χ1n) is 10.1. The highest BCUT2D eigenvalue weighted by molar-refractivity contribution is 5.69. The third kappa shape index (κ3) is 7.10. The summed E-state index contributed by atoms with van der Waals surface area (Å²) in [6.07, 6.45) is 13.2. The zero-order chi connectivity index (χ0) is 18.7. The summed E-state index contributed by atoms with van der Waals surface area (Å²) in [6, 6.07) is 0. The zero-order valence-corrected chi connectivity index (χ0v) is 16.9. The van der Waals surface area contributed by atoms with Crippen molar-refractivity contribution in [3.05, 3.63) is 12.2 Å². The van der Waals surface area contributed by atoms with Gasteiger partial charge in [-0.15, -0.1) is 0 Å². The van der Waals surface area contributed by atoms with E-state index in [1.54, 1.807) is 0 Å². The Hall–Kier alpha value is -0.870. The fourth-order valence-electron chi connectivity index (χ4n) is 3.72. The van der Waals surface area contributed by atoms with Crippen LogP contribution in [0, 0.1) is 11.8 Å². The maximum atomic E-state index is 11.6. The molecule has 1 aliphatic heterocycles. The van der Waals surface area contributed by atoms with E-state index < -0.39 is 0 Å². The molecule has 0 aromatic rings. The number of esters is 1. The summed E-state index contributed by atoms with van der Waals surface area (Å²) >= 11 is 0. The van der Waals surface area contributed by atoms with Gasteiger partial charge in [-0.1, -0.05) is 46.3 Å². The molecule has 0 spiro atoms. The molecule has 1 fully saturated rings. The van der Waals surface area contributed by atoms with Crippen molar-refractivity contribution < 1.29 is 19.3 Å². The lowest BCUT2D eigenvalue weighted by molar-refractivity contribution is -0.423. The van der Waals surface area contributed by atoms with E-state index in [0.717, 1.165) is 38.5 Å². The van der Waals surface area contributed by atoms with Gasteiger partial charge in [0, 0.05) is 0 Å². The number of ether oxygens (including phenoxy) is 1. The van der Waals surface area contributed by atoms with E-state index in [1.165, 1.54) is 20.0 Å². The molecule has 2 unspecified atom stereocenters. The predicted octanol–water partition coefficient (Wildman–Crippen LogP) is 5.61. The van der Waals surface area contributed by atoms with E-state index >= 15 is 0 Å². The molecule has 1 rings (SSSR count). The Balaban J connectivity index is 2.58. The Morgan fingerprint density at radius 3 is 2.64 bits per heavy atom. The van der Waals surface area contributed by atoms with Gasteiger partial charge in [0.05, 0.1) is 13.5 Å². The molecule has 4 nitrogen and oxygen atoms in total. The average Bonchev–Trinajstić information content (AvgIpc) is 2.65. The van der Waals surface area contributed by atoms with Crippen LogP contribution in [-0.2, 0) is 19.3 Å². The third-order valence-electron chi connectivity index (χ3n) is 5.65. The summed E-state index contributed by atoms with van der Waals surface area (Å²) in [7, 11) is 1.42. The fourth-order valence-corrected chi connectivity index (χ4v) is 3.72. The van der Waals surface area contributed by atoms with Crippen LogP contribution in [0.25, 0.3) is 0 Å². The van der Waals surface area contributed by atoms with Crippen molar-refractivity contribution in [3.8, 4) is 0 Å². The van der Waals surface area contributed by atoms with Crippen molar-refractivity contribution in [2.24, 2.45) is 11.8 Å². The highest BCUT2D eigenvalue weighted by atomic mass is 17.2. The second-order valence-electron chi connectivity index (χ2n) is 7.30. The van der Waals surface area contributed by atoms with E-state index in [0.29, 0.717) is 11.8 Å². The molecule has 4 atom stereocenters. The lowest BCUT2D eigenvalue weighted by Gasteiger charge is -2.42. The molecule has 25 heavy (non-hydrogen) atoms. The van der Waals surface area contributed by atoms with Gasteiger partial charge in [-0.2, -0.15) is 0 Å². The Morgan fingerprint density at radius 1 is 1.32 bits per heavy atom. The van der Waals surface area contributed by atoms with Crippen molar-refractivity contribution in [2.45, 2.75) is 97.2 Å². The molecule has 4 heteroatoms. The first kappa shape index (κ1) is 22.2. The predicted molar refractivity (Wildman–Crippen MR) is 101 cm³/mol. The first-order chi connectivity index (χ1) is 12.0. The van der Waals surface area contributed by atoms with Crippen LogP contribution in [0.5, 0.6) is 0 Å². The molecule has 0 bridgehead atoms. The average molecular weight is 355 g/mol. The Kier molecular flexibility index (Phi) is 10.4. The number of rotatable bonds is 11. The number of methoxy groups -OCH3 is 1. The summed E-state index contributed by atoms with van der Waals surface area (Å²) in [4.78, 5) is 23.1. The first-order valence-corrected chi connectivity index (χ1v) is 10.1. The highest BCUT2D eigenvalue weighted by Crippen LogP contribution is 2.40. The monoisotopic (exact) mass is 354 g/mol. The van der Waals surface area contributed by atoms with E-state index in [-0.39, 0.29) is 24.1 Å². The van der Waals surface area contributed by atoms with Crippen LogP contribution in [0.4, 0.5) is 0 Å². The smallest absolute Gasteiger partial charge is 0.308 e. The molecule has 1 aliphatic rings. The second kappa shape index (κ2) is 11.7. The number of hydrogen-bond donors (Lipinski definition) is 0.